The zero-order valence-electron chi connectivity index (χ0n) is 11.1. The Labute approximate surface area is 133 Å². The van der Waals surface area contributed by atoms with Crippen molar-refractivity contribution in [2.24, 2.45) is 5.10 Å². The molecule has 0 amide bonds. The molecule has 1 aromatic carbocycles. The quantitative estimate of drug-likeness (QED) is 0.334. The number of hydrazone groups is 1. The Bertz CT molecular complexity index is 605. The maximum atomic E-state index is 12.9. The number of methoxy groups -OCH3 is 1. The molecular weight excluding hydrogens is 405 g/mol. The van der Waals surface area contributed by atoms with Gasteiger partial charge in [-0.3, -0.25) is 0 Å². The highest BCUT2D eigenvalue weighted by Gasteiger charge is 2.73. The molecule has 0 heterocycles. The molecule has 0 saturated heterocycles. The van der Waals surface area contributed by atoms with Crippen LogP contribution in [0.2, 0.25) is 0 Å². The largest absolute Gasteiger partial charge is 0.503 e. The van der Waals surface area contributed by atoms with Crippen molar-refractivity contribution < 1.29 is 40.6 Å². The van der Waals surface area contributed by atoms with E-state index in [-0.39, 0.29) is 21.5 Å². The third-order valence-corrected chi connectivity index (χ3v) is 3.04. The number of hydrogen-bond acceptors (Lipinski definition) is 4. The van der Waals surface area contributed by atoms with Gasteiger partial charge in [0.15, 0.2) is 11.5 Å². The Morgan fingerprint density at radius 1 is 1.17 bits per heavy atom. The van der Waals surface area contributed by atoms with Crippen LogP contribution in [0.15, 0.2) is 21.7 Å². The summed E-state index contributed by atoms with van der Waals surface area (Å²) in [5.41, 5.74) is 0.450. The van der Waals surface area contributed by atoms with Gasteiger partial charge < -0.3 is 9.84 Å². The van der Waals surface area contributed by atoms with Crippen molar-refractivity contribution in [2.45, 2.75) is 18.1 Å². The Morgan fingerprint density at radius 2 is 1.74 bits per heavy atom. The molecule has 0 fully saturated rings. The maximum Gasteiger partial charge on any atom is 0.462 e. The van der Waals surface area contributed by atoms with E-state index in [1.807, 2.05) is 0 Å². The summed E-state index contributed by atoms with van der Waals surface area (Å²) < 4.78 is 91.5. The molecule has 1 aromatic rings. The van der Waals surface area contributed by atoms with Crippen molar-refractivity contribution in [3.05, 3.63) is 22.2 Å². The molecule has 0 atom stereocenters. The molecule has 0 aliphatic carbocycles. The van der Waals surface area contributed by atoms with Gasteiger partial charge in [0.2, 0.25) is 0 Å². The van der Waals surface area contributed by atoms with Crippen LogP contribution < -0.4 is 10.2 Å². The summed E-state index contributed by atoms with van der Waals surface area (Å²) >= 11 is 2.90. The minimum absolute atomic E-state index is 0.0230. The molecule has 130 valence electrons. The van der Waals surface area contributed by atoms with Crippen LogP contribution in [0.1, 0.15) is 5.56 Å². The molecule has 23 heavy (non-hydrogen) atoms. The van der Waals surface area contributed by atoms with Crippen molar-refractivity contribution in [3.8, 4) is 11.5 Å². The molecule has 4 nitrogen and oxygen atoms in total. The van der Waals surface area contributed by atoms with E-state index in [1.165, 1.54) is 7.11 Å². The zero-order valence-corrected chi connectivity index (χ0v) is 12.6. The lowest BCUT2D eigenvalue weighted by Gasteiger charge is -2.27. The third-order valence-electron chi connectivity index (χ3n) is 2.44. The number of hydrogen-bond donors (Lipinski definition) is 2. The number of rotatable bonds is 5. The van der Waals surface area contributed by atoms with Gasteiger partial charge in [0.25, 0.3) is 0 Å². The van der Waals surface area contributed by atoms with Gasteiger partial charge >= 0.3 is 18.1 Å². The first kappa shape index (κ1) is 19.3. The smallest absolute Gasteiger partial charge is 0.462 e. The number of alkyl halides is 7. The summed E-state index contributed by atoms with van der Waals surface area (Å²) in [4.78, 5) is 0. The number of nitrogens with zero attached hydrogens (tertiary/aromatic N) is 1. The third kappa shape index (κ3) is 3.98. The minimum Gasteiger partial charge on any atom is -0.503 e. The van der Waals surface area contributed by atoms with Crippen LogP contribution in [0.25, 0.3) is 0 Å². The van der Waals surface area contributed by atoms with Crippen LogP contribution >= 0.6 is 15.9 Å². The van der Waals surface area contributed by atoms with Crippen molar-refractivity contribution in [3.63, 3.8) is 0 Å². The molecule has 12 heteroatoms. The second kappa shape index (κ2) is 6.42. The van der Waals surface area contributed by atoms with Gasteiger partial charge in [-0.25, -0.2) is 5.43 Å². The normalized spacial score (nSPS) is 13.4. The van der Waals surface area contributed by atoms with Gasteiger partial charge in [0.05, 0.1) is 17.8 Å². The molecule has 0 bridgehead atoms. The second-order valence-electron chi connectivity index (χ2n) is 4.07. The molecule has 0 aliphatic heterocycles. The first-order valence-corrected chi connectivity index (χ1v) is 6.32. The fraction of sp³-hybridized carbons (Fsp3) is 0.364. The summed E-state index contributed by atoms with van der Waals surface area (Å²) in [5, 5.41) is 12.2. The lowest BCUT2D eigenvalue weighted by molar-refractivity contribution is -0.361. The van der Waals surface area contributed by atoms with Crippen LogP contribution in [0.5, 0.6) is 11.5 Å². The molecule has 1 rings (SSSR count). The number of nitrogens with one attached hydrogen (secondary N) is 1. The Morgan fingerprint density at radius 3 is 2.22 bits per heavy atom. The zero-order chi connectivity index (χ0) is 18.1. The SMILES string of the molecule is COc1cc(/C=N/NC(F)(F)C(F)(F)C(F)(F)F)cc(Br)c1O. The van der Waals surface area contributed by atoms with Gasteiger partial charge in [-0.1, -0.05) is 0 Å². The Kier molecular flexibility index (Phi) is 5.39. The molecule has 0 aliphatic rings. The van der Waals surface area contributed by atoms with Crippen LogP contribution in [0.3, 0.4) is 0 Å². The van der Waals surface area contributed by atoms with Crippen LogP contribution in [0.4, 0.5) is 30.7 Å². The lowest BCUT2D eigenvalue weighted by atomic mass is 10.2. The van der Waals surface area contributed by atoms with E-state index in [2.05, 4.69) is 21.0 Å². The van der Waals surface area contributed by atoms with Gasteiger partial charge in [-0.15, -0.1) is 0 Å². The van der Waals surface area contributed by atoms with Crippen molar-refractivity contribution >= 4 is 22.1 Å². The standard InChI is InChI=1S/C11H8BrF7N2O2/c1-23-7-3-5(2-6(12)8(7)22)4-20-21-11(18,19)9(13,14)10(15,16)17/h2-4,21-22H,1H3/b20-4+. The highest BCUT2D eigenvalue weighted by molar-refractivity contribution is 9.10. The van der Waals surface area contributed by atoms with E-state index in [0.717, 1.165) is 12.1 Å². The average Bonchev–Trinajstić information content (AvgIpc) is 2.40. The van der Waals surface area contributed by atoms with E-state index in [0.29, 0.717) is 11.6 Å². The minimum atomic E-state index is -6.45. The van der Waals surface area contributed by atoms with Crippen molar-refractivity contribution in [1.82, 2.24) is 5.43 Å². The van der Waals surface area contributed by atoms with Crippen LogP contribution in [-0.2, 0) is 0 Å². The topological polar surface area (TPSA) is 53.8 Å². The van der Waals surface area contributed by atoms with Gasteiger partial charge in [0, 0.05) is 0 Å². The number of aromatic hydroxyl groups is 1. The van der Waals surface area contributed by atoms with E-state index >= 15 is 0 Å². The summed E-state index contributed by atoms with van der Waals surface area (Å²) in [7, 11) is 1.18. The fourth-order valence-electron chi connectivity index (χ4n) is 1.26. The van der Waals surface area contributed by atoms with Crippen molar-refractivity contribution in [1.29, 1.82) is 0 Å². The highest BCUT2D eigenvalue weighted by atomic mass is 79.9. The first-order valence-electron chi connectivity index (χ1n) is 5.52. The molecular formula is C11H8BrF7N2O2. The fourth-order valence-corrected chi connectivity index (χ4v) is 1.72. The first-order chi connectivity index (χ1) is 10.3. The second-order valence-corrected chi connectivity index (χ2v) is 4.92. The average molecular weight is 413 g/mol. The van der Waals surface area contributed by atoms with Crippen LogP contribution in [-0.4, -0.2) is 36.6 Å². The lowest BCUT2D eigenvalue weighted by Crippen LogP contribution is -2.58. The highest BCUT2D eigenvalue weighted by Crippen LogP contribution is 2.45. The number of benzene rings is 1. The van der Waals surface area contributed by atoms with Crippen molar-refractivity contribution in [2.75, 3.05) is 7.11 Å². The molecule has 0 unspecified atom stereocenters. The molecule has 0 saturated carbocycles. The number of phenols is 1. The van der Waals surface area contributed by atoms with E-state index in [9.17, 15) is 35.8 Å². The van der Waals surface area contributed by atoms with Gasteiger partial charge in [-0.2, -0.15) is 35.8 Å². The van der Waals surface area contributed by atoms with E-state index < -0.39 is 18.1 Å². The maximum absolute atomic E-state index is 12.9. The molecule has 0 radical (unpaired) electrons. The molecule has 0 spiro atoms. The van der Waals surface area contributed by atoms with Crippen LogP contribution in [0, 0.1) is 0 Å². The summed E-state index contributed by atoms with van der Waals surface area (Å²) in [6, 6.07) is -3.42. The van der Waals surface area contributed by atoms with E-state index in [4.69, 9.17) is 4.74 Å². The predicted octanol–water partition coefficient (Wildman–Crippen LogP) is 3.88. The predicted molar refractivity (Wildman–Crippen MR) is 69.0 cm³/mol. The van der Waals surface area contributed by atoms with Gasteiger partial charge in [0.1, 0.15) is 0 Å². The Balaban J connectivity index is 2.98. The Hall–Kier alpha value is -1.72. The summed E-state index contributed by atoms with van der Waals surface area (Å²) in [6.45, 7) is 0. The number of phenolic OH excluding ortho intramolecular Hbond substituents is 1. The number of halogens is 8. The molecule has 2 N–H and O–H groups in total. The summed E-state index contributed by atoms with van der Waals surface area (Å²) in [6.07, 6.45) is -5.91. The molecule has 0 aromatic heterocycles. The van der Waals surface area contributed by atoms with E-state index in [1.54, 1.807) is 0 Å². The monoisotopic (exact) mass is 412 g/mol. The number of ether oxygens (including phenoxy) is 1. The summed E-state index contributed by atoms with van der Waals surface area (Å²) in [5.74, 6) is -6.75. The van der Waals surface area contributed by atoms with Gasteiger partial charge in [-0.05, 0) is 33.6 Å².